The smallest absolute Gasteiger partial charge is 0.0541 e. The molecule has 0 heterocycles. The van der Waals surface area contributed by atoms with Gasteiger partial charge in [0.1, 0.15) is 0 Å². The molecule has 2 nitrogen and oxygen atoms in total. The third-order valence-electron chi connectivity index (χ3n) is 7.36. The topological polar surface area (TPSA) is 40.5 Å². The minimum atomic E-state index is -0.208. The second kappa shape index (κ2) is 28.2. The Morgan fingerprint density at radius 3 is 0.758 bits per heavy atom. The molecule has 0 saturated heterocycles. The van der Waals surface area contributed by atoms with E-state index in [9.17, 15) is 10.2 Å². The standard InChI is InChI=1S/C31H64O2/c1-3-5-7-9-11-13-14-15-16-17-19-21-23-25-27-31(33)29-28-30(32)26-24-22-20-18-12-10-8-6-4-2/h30-33H,3-29H2,1-2H3. The Morgan fingerprint density at radius 1 is 0.303 bits per heavy atom. The molecule has 2 heteroatoms. The van der Waals surface area contributed by atoms with Crippen molar-refractivity contribution in [3.05, 3.63) is 0 Å². The highest BCUT2D eigenvalue weighted by Crippen LogP contribution is 2.17. The molecule has 0 amide bonds. The van der Waals surface area contributed by atoms with Gasteiger partial charge in [-0.2, -0.15) is 0 Å². The fourth-order valence-corrected chi connectivity index (χ4v) is 4.94. The van der Waals surface area contributed by atoms with Gasteiger partial charge in [-0.1, -0.05) is 162 Å². The van der Waals surface area contributed by atoms with Crippen molar-refractivity contribution in [2.45, 2.75) is 199 Å². The molecular weight excluding hydrogens is 404 g/mol. The Kier molecular flexibility index (Phi) is 28.1. The van der Waals surface area contributed by atoms with Crippen LogP contribution in [0.15, 0.2) is 0 Å². The lowest BCUT2D eigenvalue weighted by atomic mass is 9.99. The maximum atomic E-state index is 10.2. The maximum Gasteiger partial charge on any atom is 0.0541 e. The van der Waals surface area contributed by atoms with Crippen molar-refractivity contribution in [2.24, 2.45) is 0 Å². The van der Waals surface area contributed by atoms with E-state index >= 15 is 0 Å². The van der Waals surface area contributed by atoms with Crippen LogP contribution in [0, 0.1) is 0 Å². The van der Waals surface area contributed by atoms with Gasteiger partial charge in [0.25, 0.3) is 0 Å². The van der Waals surface area contributed by atoms with Gasteiger partial charge in [0.05, 0.1) is 12.2 Å². The zero-order valence-electron chi connectivity index (χ0n) is 23.1. The summed E-state index contributed by atoms with van der Waals surface area (Å²) in [6.07, 6.45) is 34.2. The van der Waals surface area contributed by atoms with Gasteiger partial charge in [0, 0.05) is 0 Å². The molecule has 0 aliphatic carbocycles. The highest BCUT2D eigenvalue weighted by molar-refractivity contribution is 4.63. The molecule has 0 aliphatic rings. The molecular formula is C31H64O2. The number of hydrogen-bond donors (Lipinski definition) is 2. The Bertz CT molecular complexity index is 344. The van der Waals surface area contributed by atoms with Crippen LogP contribution < -0.4 is 0 Å². The van der Waals surface area contributed by atoms with Gasteiger partial charge in [0.2, 0.25) is 0 Å². The van der Waals surface area contributed by atoms with Crippen LogP contribution in [0.25, 0.3) is 0 Å². The lowest BCUT2D eigenvalue weighted by Crippen LogP contribution is -2.13. The highest BCUT2D eigenvalue weighted by atomic mass is 16.3. The summed E-state index contributed by atoms with van der Waals surface area (Å²) in [5, 5.41) is 20.4. The first-order valence-corrected chi connectivity index (χ1v) is 15.6. The van der Waals surface area contributed by atoms with E-state index in [1.807, 2.05) is 0 Å². The van der Waals surface area contributed by atoms with Crippen LogP contribution in [0.2, 0.25) is 0 Å². The Labute approximate surface area is 209 Å². The third-order valence-corrected chi connectivity index (χ3v) is 7.36. The first-order chi connectivity index (χ1) is 16.2. The van der Waals surface area contributed by atoms with Gasteiger partial charge in [0.15, 0.2) is 0 Å². The summed E-state index contributed by atoms with van der Waals surface area (Å²) >= 11 is 0. The lowest BCUT2D eigenvalue weighted by Gasteiger charge is -2.14. The molecule has 0 bridgehead atoms. The Balaban J connectivity index is 3.26. The molecule has 200 valence electrons. The third kappa shape index (κ3) is 28.0. The summed E-state index contributed by atoms with van der Waals surface area (Å²) in [6, 6.07) is 0. The van der Waals surface area contributed by atoms with Crippen molar-refractivity contribution in [3.8, 4) is 0 Å². The normalized spacial score (nSPS) is 13.5. The number of hydrogen-bond acceptors (Lipinski definition) is 2. The van der Waals surface area contributed by atoms with Gasteiger partial charge >= 0.3 is 0 Å². The maximum absolute atomic E-state index is 10.2. The minimum Gasteiger partial charge on any atom is -0.393 e. The molecule has 0 aliphatic heterocycles. The van der Waals surface area contributed by atoms with Crippen LogP contribution in [-0.4, -0.2) is 22.4 Å². The van der Waals surface area contributed by atoms with Crippen molar-refractivity contribution in [2.75, 3.05) is 0 Å². The van der Waals surface area contributed by atoms with Crippen LogP contribution in [0.5, 0.6) is 0 Å². The minimum absolute atomic E-state index is 0.208. The van der Waals surface area contributed by atoms with E-state index in [2.05, 4.69) is 13.8 Å². The zero-order chi connectivity index (χ0) is 24.2. The summed E-state index contributed by atoms with van der Waals surface area (Å²) in [4.78, 5) is 0. The number of aliphatic hydroxyl groups excluding tert-OH is 2. The van der Waals surface area contributed by atoms with Crippen LogP contribution in [0.4, 0.5) is 0 Å². The SMILES string of the molecule is CCCCCCCCCCCCCCCCC(O)CCC(O)CCCCCCCCCCC. The summed E-state index contributed by atoms with van der Waals surface area (Å²) in [6.45, 7) is 4.55. The molecule has 0 aromatic heterocycles. The molecule has 2 N–H and O–H groups in total. The monoisotopic (exact) mass is 468 g/mol. The van der Waals surface area contributed by atoms with Crippen LogP contribution in [0.1, 0.15) is 187 Å². The average Bonchev–Trinajstić information content (AvgIpc) is 2.82. The summed E-state index contributed by atoms with van der Waals surface area (Å²) in [5.74, 6) is 0. The highest BCUT2D eigenvalue weighted by Gasteiger charge is 2.09. The van der Waals surface area contributed by atoms with Gasteiger partial charge in [-0.15, -0.1) is 0 Å². The van der Waals surface area contributed by atoms with Crippen molar-refractivity contribution < 1.29 is 10.2 Å². The van der Waals surface area contributed by atoms with Crippen LogP contribution >= 0.6 is 0 Å². The molecule has 0 fully saturated rings. The molecule has 0 rings (SSSR count). The summed E-state index contributed by atoms with van der Waals surface area (Å²) < 4.78 is 0. The fourth-order valence-electron chi connectivity index (χ4n) is 4.94. The van der Waals surface area contributed by atoms with Crippen molar-refractivity contribution in [3.63, 3.8) is 0 Å². The molecule has 0 saturated carbocycles. The largest absolute Gasteiger partial charge is 0.393 e. The number of unbranched alkanes of at least 4 members (excludes halogenated alkanes) is 21. The van der Waals surface area contributed by atoms with Crippen LogP contribution in [0.3, 0.4) is 0 Å². The number of rotatable bonds is 28. The molecule has 0 spiro atoms. The van der Waals surface area contributed by atoms with Crippen molar-refractivity contribution in [1.29, 1.82) is 0 Å². The van der Waals surface area contributed by atoms with Crippen molar-refractivity contribution in [1.82, 2.24) is 0 Å². The Hall–Kier alpha value is -0.0800. The van der Waals surface area contributed by atoms with E-state index in [0.717, 1.165) is 38.5 Å². The first-order valence-electron chi connectivity index (χ1n) is 15.6. The molecule has 33 heavy (non-hydrogen) atoms. The van der Waals surface area contributed by atoms with Crippen LogP contribution in [-0.2, 0) is 0 Å². The van der Waals surface area contributed by atoms with E-state index in [-0.39, 0.29) is 12.2 Å². The van der Waals surface area contributed by atoms with E-state index in [0.29, 0.717) is 0 Å². The van der Waals surface area contributed by atoms with Crippen molar-refractivity contribution >= 4 is 0 Å². The first kappa shape index (κ1) is 32.9. The zero-order valence-corrected chi connectivity index (χ0v) is 23.1. The Morgan fingerprint density at radius 2 is 0.515 bits per heavy atom. The lowest BCUT2D eigenvalue weighted by molar-refractivity contribution is 0.101. The van der Waals surface area contributed by atoms with Gasteiger partial charge in [-0.05, 0) is 25.7 Å². The molecule has 0 radical (unpaired) electrons. The van der Waals surface area contributed by atoms with E-state index < -0.39 is 0 Å². The van der Waals surface area contributed by atoms with Gasteiger partial charge < -0.3 is 10.2 Å². The second-order valence-electron chi connectivity index (χ2n) is 10.9. The molecule has 0 aromatic carbocycles. The van der Waals surface area contributed by atoms with E-state index in [1.165, 1.54) is 135 Å². The quantitative estimate of drug-likeness (QED) is 0.112. The molecule has 0 aromatic rings. The average molecular weight is 469 g/mol. The van der Waals surface area contributed by atoms with E-state index in [4.69, 9.17) is 0 Å². The number of aliphatic hydroxyl groups is 2. The molecule has 2 atom stereocenters. The van der Waals surface area contributed by atoms with Gasteiger partial charge in [-0.25, -0.2) is 0 Å². The predicted molar refractivity (Wildman–Crippen MR) is 148 cm³/mol. The fraction of sp³-hybridized carbons (Fsp3) is 1.00. The second-order valence-corrected chi connectivity index (χ2v) is 10.9. The van der Waals surface area contributed by atoms with Gasteiger partial charge in [-0.3, -0.25) is 0 Å². The summed E-state index contributed by atoms with van der Waals surface area (Å²) in [5.41, 5.74) is 0. The molecule has 2 unspecified atom stereocenters. The summed E-state index contributed by atoms with van der Waals surface area (Å²) in [7, 11) is 0. The predicted octanol–water partition coefficient (Wildman–Crippen LogP) is 10.3. The van der Waals surface area contributed by atoms with E-state index in [1.54, 1.807) is 0 Å².